The van der Waals surface area contributed by atoms with E-state index in [1.807, 2.05) is 6.92 Å². The fraction of sp³-hybridized carbons (Fsp3) is 0.562. The van der Waals surface area contributed by atoms with Crippen LogP contribution in [0.5, 0.6) is 0 Å². The molecular formula is C16H23N3. The van der Waals surface area contributed by atoms with Crippen molar-refractivity contribution in [1.29, 1.82) is 5.26 Å². The van der Waals surface area contributed by atoms with E-state index in [1.165, 1.54) is 43.6 Å². The molecule has 1 aromatic carbocycles. The summed E-state index contributed by atoms with van der Waals surface area (Å²) in [5.41, 5.74) is 2.62. The minimum Gasteiger partial charge on any atom is -0.372 e. The average molecular weight is 257 g/mol. The Labute approximate surface area is 116 Å². The molecule has 1 fully saturated rings. The van der Waals surface area contributed by atoms with Gasteiger partial charge in [-0.3, -0.25) is 0 Å². The molecule has 1 N–H and O–H groups in total. The molecule has 0 aromatic heterocycles. The Morgan fingerprint density at radius 1 is 1.21 bits per heavy atom. The van der Waals surface area contributed by atoms with Crippen LogP contribution in [0.1, 0.15) is 31.7 Å². The largest absolute Gasteiger partial charge is 0.372 e. The zero-order valence-corrected chi connectivity index (χ0v) is 11.7. The van der Waals surface area contributed by atoms with E-state index in [1.54, 1.807) is 0 Å². The van der Waals surface area contributed by atoms with Crippen molar-refractivity contribution in [3.8, 4) is 6.07 Å². The molecule has 0 radical (unpaired) electrons. The van der Waals surface area contributed by atoms with Crippen LogP contribution >= 0.6 is 0 Å². The van der Waals surface area contributed by atoms with E-state index in [2.05, 4.69) is 40.6 Å². The Bertz CT molecular complexity index is 413. The predicted octanol–water partition coefficient (Wildman–Crippen LogP) is 2.93. The first kappa shape index (κ1) is 13.9. The zero-order chi connectivity index (χ0) is 13.5. The molecule has 0 aliphatic carbocycles. The lowest BCUT2D eigenvalue weighted by atomic mass is 10.1. The van der Waals surface area contributed by atoms with E-state index in [-0.39, 0.29) is 5.92 Å². The first-order valence-electron chi connectivity index (χ1n) is 7.24. The van der Waals surface area contributed by atoms with Crippen LogP contribution in [0, 0.1) is 17.2 Å². The molecule has 0 bridgehead atoms. The van der Waals surface area contributed by atoms with Crippen LogP contribution in [0.2, 0.25) is 0 Å². The van der Waals surface area contributed by atoms with Gasteiger partial charge in [-0.05, 0) is 43.9 Å². The second-order valence-corrected chi connectivity index (χ2v) is 5.38. The first-order valence-corrected chi connectivity index (χ1v) is 7.24. The monoisotopic (exact) mass is 257 g/mol. The minimum absolute atomic E-state index is 0.0765. The van der Waals surface area contributed by atoms with Gasteiger partial charge in [0.2, 0.25) is 0 Å². The third-order valence-corrected chi connectivity index (χ3v) is 3.66. The van der Waals surface area contributed by atoms with E-state index in [9.17, 15) is 0 Å². The number of hydrogen-bond acceptors (Lipinski definition) is 3. The molecule has 1 unspecified atom stereocenters. The third-order valence-electron chi connectivity index (χ3n) is 3.66. The van der Waals surface area contributed by atoms with Crippen molar-refractivity contribution in [1.82, 2.24) is 5.32 Å². The number of nitrogens with one attached hydrogen (secondary N) is 1. The number of hydrogen-bond donors (Lipinski definition) is 1. The van der Waals surface area contributed by atoms with Crippen molar-refractivity contribution in [2.75, 3.05) is 24.5 Å². The number of rotatable bonds is 5. The SMILES string of the molecule is CC(C#N)CNCc1ccc(N2CCCCC2)cc1. The fourth-order valence-electron chi connectivity index (χ4n) is 2.46. The Morgan fingerprint density at radius 3 is 2.53 bits per heavy atom. The van der Waals surface area contributed by atoms with Crippen molar-refractivity contribution in [3.63, 3.8) is 0 Å². The highest BCUT2D eigenvalue weighted by Crippen LogP contribution is 2.20. The molecule has 0 spiro atoms. The second-order valence-electron chi connectivity index (χ2n) is 5.38. The fourth-order valence-corrected chi connectivity index (χ4v) is 2.46. The van der Waals surface area contributed by atoms with Gasteiger partial charge in [0.15, 0.2) is 0 Å². The van der Waals surface area contributed by atoms with Crippen molar-refractivity contribution in [3.05, 3.63) is 29.8 Å². The van der Waals surface area contributed by atoms with Crippen molar-refractivity contribution in [2.45, 2.75) is 32.7 Å². The van der Waals surface area contributed by atoms with E-state index in [4.69, 9.17) is 5.26 Å². The Hall–Kier alpha value is -1.53. The first-order chi connectivity index (χ1) is 9.29. The van der Waals surface area contributed by atoms with Gasteiger partial charge in [0.25, 0.3) is 0 Å². The highest BCUT2D eigenvalue weighted by molar-refractivity contribution is 5.47. The van der Waals surface area contributed by atoms with Crippen molar-refractivity contribution < 1.29 is 0 Å². The Kier molecular flexibility index (Phi) is 5.23. The maximum atomic E-state index is 8.72. The standard InChI is InChI=1S/C16H23N3/c1-14(11-17)12-18-13-15-5-7-16(8-6-15)19-9-3-2-4-10-19/h5-8,14,18H,2-4,9-10,12-13H2,1H3. The van der Waals surface area contributed by atoms with Gasteiger partial charge in [0.1, 0.15) is 0 Å². The van der Waals surface area contributed by atoms with Crippen LogP contribution < -0.4 is 10.2 Å². The number of piperidine rings is 1. The van der Waals surface area contributed by atoms with Gasteiger partial charge in [0, 0.05) is 31.9 Å². The van der Waals surface area contributed by atoms with Crippen LogP contribution in [0.15, 0.2) is 24.3 Å². The van der Waals surface area contributed by atoms with Crippen LogP contribution in [-0.4, -0.2) is 19.6 Å². The van der Waals surface area contributed by atoms with E-state index in [0.717, 1.165) is 13.1 Å². The van der Waals surface area contributed by atoms with E-state index >= 15 is 0 Å². The topological polar surface area (TPSA) is 39.1 Å². The smallest absolute Gasteiger partial charge is 0.0666 e. The molecule has 3 nitrogen and oxygen atoms in total. The maximum absolute atomic E-state index is 8.72. The molecule has 0 saturated carbocycles. The van der Waals surface area contributed by atoms with E-state index in [0.29, 0.717) is 0 Å². The lowest BCUT2D eigenvalue weighted by Gasteiger charge is -2.28. The van der Waals surface area contributed by atoms with Gasteiger partial charge < -0.3 is 10.2 Å². The van der Waals surface area contributed by atoms with Gasteiger partial charge in [-0.25, -0.2) is 0 Å². The molecule has 19 heavy (non-hydrogen) atoms. The van der Waals surface area contributed by atoms with Crippen LogP contribution in [0.4, 0.5) is 5.69 Å². The molecule has 1 saturated heterocycles. The summed E-state index contributed by atoms with van der Waals surface area (Å²) < 4.78 is 0. The summed E-state index contributed by atoms with van der Waals surface area (Å²) in [6, 6.07) is 11.0. The van der Waals surface area contributed by atoms with Gasteiger partial charge >= 0.3 is 0 Å². The molecule has 1 aromatic rings. The molecule has 102 valence electrons. The highest BCUT2D eigenvalue weighted by Gasteiger charge is 2.10. The summed E-state index contributed by atoms with van der Waals surface area (Å²) in [7, 11) is 0. The lowest BCUT2D eigenvalue weighted by molar-refractivity contribution is 0.577. The molecule has 2 rings (SSSR count). The molecule has 1 atom stereocenters. The predicted molar refractivity (Wildman–Crippen MR) is 79.0 cm³/mol. The summed E-state index contributed by atoms with van der Waals surface area (Å²) in [4.78, 5) is 2.47. The van der Waals surface area contributed by atoms with E-state index < -0.39 is 0 Å². The lowest BCUT2D eigenvalue weighted by Crippen LogP contribution is -2.29. The summed E-state index contributed by atoms with van der Waals surface area (Å²) >= 11 is 0. The number of nitrogens with zero attached hydrogens (tertiary/aromatic N) is 2. The summed E-state index contributed by atoms with van der Waals surface area (Å²) in [5.74, 6) is 0.0765. The van der Waals surface area contributed by atoms with Gasteiger partial charge in [-0.1, -0.05) is 12.1 Å². The Morgan fingerprint density at radius 2 is 1.89 bits per heavy atom. The van der Waals surface area contributed by atoms with Gasteiger partial charge in [-0.2, -0.15) is 5.26 Å². The number of nitriles is 1. The summed E-state index contributed by atoms with van der Waals surface area (Å²) in [6.45, 7) is 5.91. The molecule has 3 heteroatoms. The molecule has 0 amide bonds. The number of anilines is 1. The second kappa shape index (κ2) is 7.16. The van der Waals surface area contributed by atoms with Crippen LogP contribution in [-0.2, 0) is 6.54 Å². The van der Waals surface area contributed by atoms with Crippen LogP contribution in [0.3, 0.4) is 0 Å². The average Bonchev–Trinajstić information content (AvgIpc) is 2.48. The molecule has 1 aliphatic heterocycles. The normalized spacial score (nSPS) is 16.9. The summed E-state index contributed by atoms with van der Waals surface area (Å²) in [6.07, 6.45) is 4.00. The molecule has 1 heterocycles. The summed E-state index contributed by atoms with van der Waals surface area (Å²) in [5, 5.41) is 12.0. The third kappa shape index (κ3) is 4.25. The maximum Gasteiger partial charge on any atom is 0.0666 e. The van der Waals surface area contributed by atoms with Crippen molar-refractivity contribution >= 4 is 5.69 Å². The number of benzene rings is 1. The molecule has 1 aliphatic rings. The Balaban J connectivity index is 1.82. The van der Waals surface area contributed by atoms with Crippen molar-refractivity contribution in [2.24, 2.45) is 5.92 Å². The quantitative estimate of drug-likeness (QED) is 0.881. The van der Waals surface area contributed by atoms with Gasteiger partial charge in [0.05, 0.1) is 12.0 Å². The van der Waals surface area contributed by atoms with Crippen LogP contribution in [0.25, 0.3) is 0 Å². The molecular weight excluding hydrogens is 234 g/mol. The van der Waals surface area contributed by atoms with Gasteiger partial charge in [-0.15, -0.1) is 0 Å². The zero-order valence-electron chi connectivity index (χ0n) is 11.7. The minimum atomic E-state index is 0.0765. The highest BCUT2D eigenvalue weighted by atomic mass is 15.1.